The number of aryl methyl sites for hydroxylation is 2. The molecule has 0 unspecified atom stereocenters. The molecular weight excluding hydrogens is 701 g/mol. The number of phenolic OH excluding ortho intramolecular Hbond substituents is 1. The fraction of sp³-hybridized carbons (Fsp3) is 0.0588. The largest absolute Gasteiger partial charge is 1.00 e. The Morgan fingerprint density at radius 3 is 1.38 bits per heavy atom. The van der Waals surface area contributed by atoms with E-state index in [0.29, 0.717) is 16.8 Å². The molecule has 6 rings (SSSR count). The van der Waals surface area contributed by atoms with Crippen molar-refractivity contribution in [1.29, 1.82) is 0 Å². The summed E-state index contributed by atoms with van der Waals surface area (Å²) in [6.07, 6.45) is 0. The van der Waals surface area contributed by atoms with Crippen molar-refractivity contribution in [2.75, 3.05) is 5.73 Å². The number of phenols is 1. The summed E-state index contributed by atoms with van der Waals surface area (Å²) in [7, 11) is -9.65. The number of nitrogens with zero attached hydrogens (tertiary/aromatic N) is 4. The minimum atomic E-state index is -4.85. The third-order valence-electron chi connectivity index (χ3n) is 7.78. The van der Waals surface area contributed by atoms with E-state index in [1.165, 1.54) is 18.2 Å². The van der Waals surface area contributed by atoms with Gasteiger partial charge < -0.3 is 19.9 Å². The number of aromatic hydroxyl groups is 1. The molecule has 0 spiro atoms. The van der Waals surface area contributed by atoms with E-state index in [-0.39, 0.29) is 98.1 Å². The van der Waals surface area contributed by atoms with Gasteiger partial charge in [-0.1, -0.05) is 60.7 Å². The summed E-state index contributed by atoms with van der Waals surface area (Å²) < 4.78 is 71.5. The van der Waals surface area contributed by atoms with Crippen LogP contribution in [-0.2, 0) is 20.2 Å². The van der Waals surface area contributed by atoms with E-state index < -0.39 is 30.0 Å². The SMILES string of the molecule is Cc1cc(-c2ccc(N=Nc3cc(S(=O)(=O)[O-])c4ccccc4c3O)c(C)c2)ccc1N=Nc1cc(S(=O)(=O)[O-])c2ccccc2c1N.[Na+].[Na+]. The van der Waals surface area contributed by atoms with Crippen LogP contribution in [0, 0.1) is 13.8 Å². The van der Waals surface area contributed by atoms with Crippen molar-refractivity contribution in [2.45, 2.75) is 23.6 Å². The molecule has 0 heterocycles. The van der Waals surface area contributed by atoms with Crippen LogP contribution in [0.3, 0.4) is 0 Å². The van der Waals surface area contributed by atoms with Gasteiger partial charge in [0.2, 0.25) is 0 Å². The van der Waals surface area contributed by atoms with Gasteiger partial charge in [0.1, 0.15) is 31.6 Å². The number of azo groups is 2. The van der Waals surface area contributed by atoms with E-state index in [0.717, 1.165) is 34.4 Å². The quantitative estimate of drug-likeness (QED) is 0.108. The summed E-state index contributed by atoms with van der Waals surface area (Å²) in [5, 5.41) is 28.3. The molecule has 0 amide bonds. The number of rotatable bonds is 7. The van der Waals surface area contributed by atoms with Gasteiger partial charge in [-0.15, -0.1) is 10.2 Å². The zero-order valence-corrected chi connectivity index (χ0v) is 33.0. The molecule has 0 atom stereocenters. The van der Waals surface area contributed by atoms with Crippen LogP contribution in [-0.4, -0.2) is 31.0 Å². The second kappa shape index (κ2) is 15.4. The summed E-state index contributed by atoms with van der Waals surface area (Å²) in [6.45, 7) is 3.64. The van der Waals surface area contributed by atoms with Crippen LogP contribution in [0.4, 0.5) is 28.4 Å². The normalized spacial score (nSPS) is 12.0. The van der Waals surface area contributed by atoms with E-state index in [1.54, 1.807) is 42.5 Å². The average molecular weight is 726 g/mol. The Kier molecular flexibility index (Phi) is 12.1. The maximum Gasteiger partial charge on any atom is 1.00 e. The van der Waals surface area contributed by atoms with Crippen LogP contribution < -0.4 is 64.8 Å². The Balaban J connectivity index is 0.00000281. The predicted octanol–water partition coefficient (Wildman–Crippen LogP) is 2.21. The van der Waals surface area contributed by atoms with Crippen LogP contribution in [0.2, 0.25) is 0 Å². The fourth-order valence-electron chi connectivity index (χ4n) is 5.35. The van der Waals surface area contributed by atoms with E-state index >= 15 is 0 Å². The van der Waals surface area contributed by atoms with Crippen LogP contribution in [0.25, 0.3) is 32.7 Å². The van der Waals surface area contributed by atoms with Crippen molar-refractivity contribution >= 4 is 70.2 Å². The molecule has 0 saturated carbocycles. The van der Waals surface area contributed by atoms with Gasteiger partial charge in [0.25, 0.3) is 0 Å². The molecular formula is C34H25N5Na2O7S2. The Labute approximate surface area is 332 Å². The average Bonchev–Trinajstić information content (AvgIpc) is 3.04. The molecule has 0 bridgehead atoms. The second-order valence-electron chi connectivity index (χ2n) is 11.0. The summed E-state index contributed by atoms with van der Waals surface area (Å²) >= 11 is 0. The number of hydrogen-bond donors (Lipinski definition) is 2. The van der Waals surface area contributed by atoms with Gasteiger partial charge in [0.05, 0.1) is 26.9 Å². The second-order valence-corrected chi connectivity index (χ2v) is 13.6. The number of nitrogens with two attached hydrogens (primary N) is 1. The van der Waals surface area contributed by atoms with Crippen molar-refractivity contribution in [1.82, 2.24) is 0 Å². The number of anilines is 1. The summed E-state index contributed by atoms with van der Waals surface area (Å²) in [5.74, 6) is -0.303. The molecule has 0 fully saturated rings. The monoisotopic (exact) mass is 725 g/mol. The zero-order chi connectivity index (χ0) is 34.4. The maximum absolute atomic E-state index is 11.9. The topological polar surface area (TPSA) is 210 Å². The summed E-state index contributed by atoms with van der Waals surface area (Å²) in [6, 6.07) is 25.5. The molecule has 0 aliphatic rings. The van der Waals surface area contributed by atoms with Gasteiger partial charge in [-0.25, -0.2) is 16.8 Å². The van der Waals surface area contributed by atoms with E-state index in [4.69, 9.17) is 5.73 Å². The standard InChI is InChI=1S/C34H27N5O7S2.2Na/c1-19-15-21(11-13-27(19)36-38-29-17-31(47(41,42)43)23-7-3-5-9-25(23)33(29)35)22-12-14-28(20(2)16-22)37-39-30-18-32(48(44,45)46)24-8-4-6-10-26(24)34(30)40;;/h3-18,40H,35H2,1-2H3,(H,41,42,43)(H,44,45,46);;/q;2*+1/p-2. The van der Waals surface area contributed by atoms with Crippen LogP contribution in [0.5, 0.6) is 5.75 Å². The third kappa shape index (κ3) is 8.00. The number of fused-ring (bicyclic) bond motifs is 2. The molecule has 6 aromatic rings. The first-order valence-corrected chi connectivity index (χ1v) is 17.1. The van der Waals surface area contributed by atoms with Crippen molar-refractivity contribution in [3.05, 3.63) is 108 Å². The fourth-order valence-corrected chi connectivity index (χ4v) is 6.75. The summed E-state index contributed by atoms with van der Waals surface area (Å²) in [4.78, 5) is -0.933. The van der Waals surface area contributed by atoms with Crippen molar-refractivity contribution in [2.24, 2.45) is 20.5 Å². The Bertz CT molecular complexity index is 2400. The van der Waals surface area contributed by atoms with Crippen molar-refractivity contribution in [3.63, 3.8) is 0 Å². The van der Waals surface area contributed by atoms with Crippen molar-refractivity contribution in [3.8, 4) is 16.9 Å². The van der Waals surface area contributed by atoms with E-state index in [1.807, 2.05) is 38.1 Å². The molecule has 3 N–H and O–H groups in total. The molecule has 0 aliphatic carbocycles. The Hall–Kier alpha value is -3.54. The smallest absolute Gasteiger partial charge is 0.744 e. The van der Waals surface area contributed by atoms with Gasteiger partial charge in [-0.05, 0) is 72.5 Å². The van der Waals surface area contributed by atoms with Crippen LogP contribution >= 0.6 is 0 Å². The molecule has 6 aromatic carbocycles. The number of nitrogen functional groups attached to an aromatic ring is 1. The number of hydrogen-bond acceptors (Lipinski definition) is 12. The minimum Gasteiger partial charge on any atom is -0.744 e. The molecule has 0 aromatic heterocycles. The van der Waals surface area contributed by atoms with Gasteiger partial charge in [-0.2, -0.15) is 10.2 Å². The first kappa shape index (κ1) is 39.2. The van der Waals surface area contributed by atoms with Gasteiger partial charge >= 0.3 is 59.1 Å². The molecule has 242 valence electrons. The zero-order valence-electron chi connectivity index (χ0n) is 27.3. The predicted molar refractivity (Wildman–Crippen MR) is 180 cm³/mol. The van der Waals surface area contributed by atoms with Crippen LogP contribution in [0.15, 0.2) is 127 Å². The van der Waals surface area contributed by atoms with Gasteiger partial charge in [-0.3, -0.25) is 0 Å². The first-order chi connectivity index (χ1) is 22.7. The maximum atomic E-state index is 11.9. The molecule has 16 heteroatoms. The van der Waals surface area contributed by atoms with Crippen molar-refractivity contribution < 1.29 is 90.2 Å². The minimum absolute atomic E-state index is 0. The molecule has 0 radical (unpaired) electrons. The third-order valence-corrected chi connectivity index (χ3v) is 9.53. The van der Waals surface area contributed by atoms with Gasteiger partial charge in [0.15, 0.2) is 5.75 Å². The molecule has 0 aliphatic heterocycles. The molecule has 50 heavy (non-hydrogen) atoms. The van der Waals surface area contributed by atoms with Gasteiger partial charge in [0, 0.05) is 21.5 Å². The Morgan fingerprint density at radius 1 is 0.540 bits per heavy atom. The van der Waals surface area contributed by atoms with E-state index in [9.17, 15) is 31.0 Å². The Morgan fingerprint density at radius 2 is 0.920 bits per heavy atom. The molecule has 0 saturated heterocycles. The summed E-state index contributed by atoms with van der Waals surface area (Å²) in [5.41, 5.74) is 10.4. The van der Waals surface area contributed by atoms with Crippen LogP contribution in [0.1, 0.15) is 11.1 Å². The van der Waals surface area contributed by atoms with E-state index in [2.05, 4.69) is 20.5 Å². The molecule has 12 nitrogen and oxygen atoms in total. The first-order valence-electron chi connectivity index (χ1n) is 14.3. The number of benzene rings is 6.